The first-order chi connectivity index (χ1) is 12.6. The second kappa shape index (κ2) is 7.15. The minimum absolute atomic E-state index is 0.0565. The largest absolute Gasteiger partial charge is 0.338 e. The van der Waals surface area contributed by atoms with Crippen LogP contribution in [0.4, 0.5) is 5.95 Å². The van der Waals surface area contributed by atoms with Gasteiger partial charge in [0.2, 0.25) is 11.9 Å². The highest BCUT2D eigenvalue weighted by atomic mass is 32.1. The number of ketones is 1. The molecule has 2 aromatic heterocycles. The van der Waals surface area contributed by atoms with Crippen molar-refractivity contribution in [1.82, 2.24) is 14.9 Å². The fourth-order valence-corrected chi connectivity index (χ4v) is 4.75. The Kier molecular flexibility index (Phi) is 4.72. The number of Topliss-reactive ketones (excluding diaryl/α,β-unsaturated/α-hetero) is 1. The summed E-state index contributed by atoms with van der Waals surface area (Å²) >= 11 is 1.42. The van der Waals surface area contributed by atoms with Crippen LogP contribution >= 0.6 is 11.3 Å². The van der Waals surface area contributed by atoms with Crippen molar-refractivity contribution in [3.05, 3.63) is 40.3 Å². The van der Waals surface area contributed by atoms with Crippen LogP contribution in [0.2, 0.25) is 0 Å². The second-order valence-corrected chi connectivity index (χ2v) is 8.06. The van der Waals surface area contributed by atoms with Crippen LogP contribution in [-0.2, 0) is 11.2 Å². The average molecular weight is 370 g/mol. The lowest BCUT2D eigenvalue weighted by Crippen LogP contribution is -2.48. The van der Waals surface area contributed by atoms with Crippen molar-refractivity contribution >= 4 is 29.0 Å². The molecule has 0 radical (unpaired) electrons. The molecule has 2 unspecified atom stereocenters. The van der Waals surface area contributed by atoms with Gasteiger partial charge in [-0.05, 0) is 48.8 Å². The molecule has 1 amide bonds. The zero-order valence-corrected chi connectivity index (χ0v) is 15.6. The molecular formula is C19H22N4O2S. The fraction of sp³-hybridized carbons (Fsp3) is 0.474. The van der Waals surface area contributed by atoms with Crippen LogP contribution in [0.5, 0.6) is 0 Å². The number of piperidine rings is 1. The molecule has 6 nitrogen and oxygen atoms in total. The Bertz CT molecular complexity index is 807. The summed E-state index contributed by atoms with van der Waals surface area (Å²) in [5.74, 6) is 1.42. The SMILES string of the molecule is CC(=O)c1cc(CC(=O)N2CC3CCC2CN(c2ncccn2)C3)cs1. The maximum Gasteiger partial charge on any atom is 0.227 e. The summed E-state index contributed by atoms with van der Waals surface area (Å²) in [7, 11) is 0. The summed E-state index contributed by atoms with van der Waals surface area (Å²) in [6.07, 6.45) is 6.07. The first-order valence-electron chi connectivity index (χ1n) is 9.00. The highest BCUT2D eigenvalue weighted by molar-refractivity contribution is 7.12. The van der Waals surface area contributed by atoms with Gasteiger partial charge in [0.05, 0.1) is 11.3 Å². The van der Waals surface area contributed by atoms with Gasteiger partial charge in [0.15, 0.2) is 5.78 Å². The number of hydrogen-bond acceptors (Lipinski definition) is 6. The third-order valence-electron chi connectivity index (χ3n) is 5.22. The molecule has 3 saturated heterocycles. The number of thiophene rings is 1. The summed E-state index contributed by atoms with van der Waals surface area (Å²) in [5, 5.41) is 1.93. The molecule has 0 saturated carbocycles. The summed E-state index contributed by atoms with van der Waals surface area (Å²) in [4.78, 5) is 38.1. The average Bonchev–Trinajstić information content (AvgIpc) is 2.92. The quantitative estimate of drug-likeness (QED) is 0.773. The summed E-state index contributed by atoms with van der Waals surface area (Å²) in [6, 6.07) is 3.88. The Labute approximate surface area is 156 Å². The minimum atomic E-state index is 0.0565. The number of anilines is 1. The molecule has 2 atom stereocenters. The lowest BCUT2D eigenvalue weighted by molar-refractivity contribution is -0.134. The second-order valence-electron chi connectivity index (χ2n) is 7.15. The van der Waals surface area contributed by atoms with Gasteiger partial charge in [0.1, 0.15) is 0 Å². The van der Waals surface area contributed by atoms with Crippen molar-refractivity contribution in [2.75, 3.05) is 24.5 Å². The predicted octanol–water partition coefficient (Wildman–Crippen LogP) is 2.41. The third kappa shape index (κ3) is 3.49. The van der Waals surface area contributed by atoms with Crippen LogP contribution < -0.4 is 4.90 Å². The van der Waals surface area contributed by atoms with Gasteiger partial charge in [-0.25, -0.2) is 9.97 Å². The Hall–Kier alpha value is -2.28. The molecule has 3 aliphatic heterocycles. The highest BCUT2D eigenvalue weighted by Gasteiger charge is 2.37. The van der Waals surface area contributed by atoms with Crippen LogP contribution in [-0.4, -0.2) is 52.2 Å². The van der Waals surface area contributed by atoms with E-state index in [0.29, 0.717) is 12.3 Å². The molecule has 3 aliphatic rings. The number of aromatic nitrogens is 2. The molecule has 3 fully saturated rings. The minimum Gasteiger partial charge on any atom is -0.338 e. The molecular weight excluding hydrogens is 348 g/mol. The zero-order chi connectivity index (χ0) is 18.1. The van der Waals surface area contributed by atoms with Crippen LogP contribution in [0.3, 0.4) is 0 Å². The molecule has 0 aliphatic carbocycles. The maximum absolute atomic E-state index is 12.9. The van der Waals surface area contributed by atoms with Gasteiger partial charge in [0, 0.05) is 38.1 Å². The lowest BCUT2D eigenvalue weighted by Gasteiger charge is -2.36. The van der Waals surface area contributed by atoms with E-state index in [2.05, 4.69) is 14.9 Å². The molecule has 7 heteroatoms. The van der Waals surface area contributed by atoms with E-state index in [-0.39, 0.29) is 17.7 Å². The highest BCUT2D eigenvalue weighted by Crippen LogP contribution is 2.30. The van der Waals surface area contributed by atoms with Crippen LogP contribution in [0, 0.1) is 5.92 Å². The summed E-state index contributed by atoms with van der Waals surface area (Å²) in [5.41, 5.74) is 0.938. The van der Waals surface area contributed by atoms with Gasteiger partial charge >= 0.3 is 0 Å². The summed E-state index contributed by atoms with van der Waals surface area (Å²) < 4.78 is 0. The monoisotopic (exact) mass is 370 g/mol. The van der Waals surface area contributed by atoms with Crippen LogP contribution in [0.1, 0.15) is 35.0 Å². The van der Waals surface area contributed by atoms with E-state index in [1.54, 1.807) is 19.3 Å². The molecule has 2 aromatic rings. The molecule has 5 rings (SSSR count). The van der Waals surface area contributed by atoms with Crippen molar-refractivity contribution in [3.63, 3.8) is 0 Å². The van der Waals surface area contributed by atoms with Gasteiger partial charge in [0.25, 0.3) is 0 Å². The smallest absolute Gasteiger partial charge is 0.227 e. The van der Waals surface area contributed by atoms with Crippen molar-refractivity contribution < 1.29 is 9.59 Å². The van der Waals surface area contributed by atoms with E-state index >= 15 is 0 Å². The third-order valence-corrected chi connectivity index (χ3v) is 6.30. The van der Waals surface area contributed by atoms with E-state index in [1.165, 1.54) is 11.3 Å². The first kappa shape index (κ1) is 17.1. The number of fused-ring (bicyclic) bond motifs is 4. The number of amides is 1. The molecule has 26 heavy (non-hydrogen) atoms. The maximum atomic E-state index is 12.9. The van der Waals surface area contributed by atoms with Crippen LogP contribution in [0.25, 0.3) is 0 Å². The standard InChI is InChI=1S/C19H22N4O2S/c1-13(24)17-7-15(12-26-17)8-18(25)23-10-14-3-4-16(23)11-22(9-14)19-20-5-2-6-21-19/h2,5-7,12,14,16H,3-4,8-11H2,1H3. The van der Waals surface area contributed by atoms with Gasteiger partial charge in [-0.15, -0.1) is 11.3 Å². The number of hydrogen-bond donors (Lipinski definition) is 0. The Morgan fingerprint density at radius 2 is 2.00 bits per heavy atom. The Morgan fingerprint density at radius 1 is 1.19 bits per heavy atom. The van der Waals surface area contributed by atoms with Gasteiger partial charge in [-0.1, -0.05) is 0 Å². The molecule has 2 bridgehead atoms. The lowest BCUT2D eigenvalue weighted by atomic mass is 9.94. The predicted molar refractivity (Wildman–Crippen MR) is 100 cm³/mol. The fourth-order valence-electron chi connectivity index (χ4n) is 3.93. The van der Waals surface area contributed by atoms with E-state index in [4.69, 9.17) is 0 Å². The number of nitrogens with zero attached hydrogens (tertiary/aromatic N) is 4. The normalized spacial score (nSPS) is 22.3. The van der Waals surface area contributed by atoms with Gasteiger partial charge in [-0.2, -0.15) is 0 Å². The topological polar surface area (TPSA) is 66.4 Å². The summed E-state index contributed by atoms with van der Waals surface area (Å²) in [6.45, 7) is 4.05. The van der Waals surface area contributed by atoms with E-state index in [0.717, 1.165) is 48.9 Å². The van der Waals surface area contributed by atoms with Crippen molar-refractivity contribution in [2.24, 2.45) is 5.92 Å². The van der Waals surface area contributed by atoms with Crippen molar-refractivity contribution in [3.8, 4) is 0 Å². The van der Waals surface area contributed by atoms with Crippen molar-refractivity contribution in [1.29, 1.82) is 0 Å². The van der Waals surface area contributed by atoms with Gasteiger partial charge < -0.3 is 9.80 Å². The van der Waals surface area contributed by atoms with E-state index in [1.807, 2.05) is 22.4 Å². The number of carbonyl (C=O) groups excluding carboxylic acids is 2. The molecule has 136 valence electrons. The van der Waals surface area contributed by atoms with E-state index < -0.39 is 0 Å². The molecule has 0 N–H and O–H groups in total. The van der Waals surface area contributed by atoms with E-state index in [9.17, 15) is 9.59 Å². The Morgan fingerprint density at radius 3 is 2.73 bits per heavy atom. The zero-order valence-electron chi connectivity index (χ0n) is 14.8. The molecule has 5 heterocycles. The molecule has 0 aromatic carbocycles. The number of carbonyl (C=O) groups is 2. The Balaban J connectivity index is 1.47. The first-order valence-corrected chi connectivity index (χ1v) is 9.88. The van der Waals surface area contributed by atoms with Crippen LogP contribution in [0.15, 0.2) is 29.9 Å². The van der Waals surface area contributed by atoms with Gasteiger partial charge in [-0.3, -0.25) is 9.59 Å². The van der Waals surface area contributed by atoms with Crippen molar-refractivity contribution in [2.45, 2.75) is 32.2 Å². The molecule has 0 spiro atoms. The number of rotatable bonds is 4.